The second-order valence-corrected chi connectivity index (χ2v) is 11.4. The molecule has 14 heteroatoms. The molecule has 12 nitrogen and oxygen atoms in total. The zero-order chi connectivity index (χ0) is 25.5. The van der Waals surface area contributed by atoms with Crippen LogP contribution in [0, 0.1) is 0 Å². The van der Waals surface area contributed by atoms with E-state index in [4.69, 9.17) is 5.73 Å². The second-order valence-electron chi connectivity index (χ2n) is 8.63. The number of hydrogen-bond acceptors (Lipinski definition) is 8. The summed E-state index contributed by atoms with van der Waals surface area (Å²) in [6, 6.07) is -1.63. The van der Waals surface area contributed by atoms with Gasteiger partial charge in [0.1, 0.15) is 24.2 Å². The Morgan fingerprint density at radius 3 is 2.46 bits per heavy atom. The molecule has 4 heterocycles. The molecule has 0 spiro atoms. The summed E-state index contributed by atoms with van der Waals surface area (Å²) in [5, 5.41) is 7.69. The van der Waals surface area contributed by atoms with Gasteiger partial charge in [-0.15, -0.1) is 0 Å². The summed E-state index contributed by atoms with van der Waals surface area (Å²) < 4.78 is 0. The molecule has 0 aromatic heterocycles. The van der Waals surface area contributed by atoms with Crippen molar-refractivity contribution in [2.45, 2.75) is 63.2 Å². The quantitative estimate of drug-likeness (QED) is 0.165. The fourth-order valence-corrected chi connectivity index (χ4v) is 6.23. The molecule has 0 aliphatic carbocycles. The molecule has 4 saturated heterocycles. The normalized spacial score (nSPS) is 27.2. The van der Waals surface area contributed by atoms with Crippen LogP contribution in [0.3, 0.4) is 0 Å². The first-order chi connectivity index (χ1) is 16.7. The molecule has 194 valence electrons. The van der Waals surface area contributed by atoms with Crippen LogP contribution in [-0.2, 0) is 28.8 Å². The zero-order valence-electron chi connectivity index (χ0n) is 19.6. The predicted octanol–water partition coefficient (Wildman–Crippen LogP) is -1.66. The lowest BCUT2D eigenvalue weighted by atomic mass is 10.1. The van der Waals surface area contributed by atoms with Crippen molar-refractivity contribution in [2.75, 3.05) is 31.1 Å². The first-order valence-corrected chi connectivity index (χ1v) is 14.2. The van der Waals surface area contributed by atoms with Crippen LogP contribution in [-0.4, -0.2) is 101 Å². The largest absolute Gasteiger partial charge is 0.368 e. The van der Waals surface area contributed by atoms with Gasteiger partial charge < -0.3 is 31.5 Å². The van der Waals surface area contributed by atoms with Gasteiger partial charge >= 0.3 is 0 Å². The summed E-state index contributed by atoms with van der Waals surface area (Å²) in [5.41, 5.74) is 5.21. The SMILES string of the molecule is CCSSC[C@@H]1NC(=O)C2CCCN2C1=O.NC(=O)[C@H]1CCCN1C(=O)CNC(=O)C1CC(=O)N1. The molecule has 0 aromatic carbocycles. The first kappa shape index (κ1) is 27.1. The van der Waals surface area contributed by atoms with E-state index in [-0.39, 0.29) is 54.6 Å². The van der Waals surface area contributed by atoms with Crippen molar-refractivity contribution in [3.05, 3.63) is 0 Å². The van der Waals surface area contributed by atoms with Crippen LogP contribution in [0.25, 0.3) is 0 Å². The molecule has 0 bridgehead atoms. The van der Waals surface area contributed by atoms with E-state index in [2.05, 4.69) is 22.9 Å². The summed E-state index contributed by atoms with van der Waals surface area (Å²) >= 11 is 0. The Hall–Kier alpha value is -2.48. The summed E-state index contributed by atoms with van der Waals surface area (Å²) in [7, 11) is 3.38. The van der Waals surface area contributed by atoms with Gasteiger partial charge in [0.25, 0.3) is 0 Å². The average molecular weight is 529 g/mol. The molecular formula is C21H32N6O6S2. The number of β-lactam (4-membered cyclic amide) rings is 1. The molecule has 4 aliphatic heterocycles. The van der Waals surface area contributed by atoms with Crippen LogP contribution in [0.4, 0.5) is 0 Å². The van der Waals surface area contributed by atoms with E-state index in [1.54, 1.807) is 26.5 Å². The zero-order valence-corrected chi connectivity index (χ0v) is 21.3. The molecule has 2 unspecified atom stereocenters. The van der Waals surface area contributed by atoms with E-state index in [1.165, 1.54) is 4.90 Å². The molecule has 4 fully saturated rings. The molecule has 0 aromatic rings. The van der Waals surface area contributed by atoms with Crippen molar-refractivity contribution in [3.63, 3.8) is 0 Å². The number of carbonyl (C=O) groups is 6. The fraction of sp³-hybridized carbons (Fsp3) is 0.714. The summed E-state index contributed by atoms with van der Waals surface area (Å²) in [4.78, 5) is 72.1. The predicted molar refractivity (Wildman–Crippen MR) is 131 cm³/mol. The minimum absolute atomic E-state index is 0.0317. The molecule has 0 saturated carbocycles. The number of likely N-dealkylation sites (tertiary alicyclic amines) is 1. The van der Waals surface area contributed by atoms with E-state index >= 15 is 0 Å². The van der Waals surface area contributed by atoms with Crippen LogP contribution in [0.1, 0.15) is 39.0 Å². The second kappa shape index (κ2) is 12.5. The lowest BCUT2D eigenvalue weighted by molar-refractivity contribution is -0.146. The number of nitrogens with two attached hydrogens (primary N) is 1. The fourth-order valence-electron chi connectivity index (χ4n) is 4.41. The van der Waals surface area contributed by atoms with Gasteiger partial charge in [-0.25, -0.2) is 0 Å². The van der Waals surface area contributed by atoms with Gasteiger partial charge in [-0.05, 0) is 25.7 Å². The van der Waals surface area contributed by atoms with Crippen molar-refractivity contribution in [2.24, 2.45) is 5.73 Å². The highest BCUT2D eigenvalue weighted by atomic mass is 33.1. The third-order valence-corrected chi connectivity index (χ3v) is 8.73. The van der Waals surface area contributed by atoms with E-state index in [0.29, 0.717) is 18.7 Å². The highest BCUT2D eigenvalue weighted by Gasteiger charge is 2.42. The summed E-state index contributed by atoms with van der Waals surface area (Å²) in [6.07, 6.45) is 3.21. The highest BCUT2D eigenvalue weighted by Crippen LogP contribution is 2.26. The van der Waals surface area contributed by atoms with E-state index in [1.807, 2.05) is 0 Å². The van der Waals surface area contributed by atoms with Gasteiger partial charge in [-0.2, -0.15) is 0 Å². The summed E-state index contributed by atoms with van der Waals surface area (Å²) in [5.74, 6) is 0.403. The van der Waals surface area contributed by atoms with Crippen LogP contribution in [0.15, 0.2) is 0 Å². The summed E-state index contributed by atoms with van der Waals surface area (Å²) in [6.45, 7) is 3.12. The smallest absolute Gasteiger partial charge is 0.246 e. The van der Waals surface area contributed by atoms with Gasteiger partial charge in [-0.3, -0.25) is 28.8 Å². The van der Waals surface area contributed by atoms with Crippen molar-refractivity contribution in [3.8, 4) is 0 Å². The van der Waals surface area contributed by atoms with E-state index < -0.39 is 18.0 Å². The minimum atomic E-state index is -0.576. The number of primary amides is 1. The molecule has 35 heavy (non-hydrogen) atoms. The Morgan fingerprint density at radius 2 is 1.80 bits per heavy atom. The Bertz CT molecular complexity index is 865. The number of nitrogens with one attached hydrogen (secondary N) is 3. The number of nitrogens with zero attached hydrogens (tertiary/aromatic N) is 2. The first-order valence-electron chi connectivity index (χ1n) is 11.7. The molecule has 5 N–H and O–H groups in total. The number of carbonyl (C=O) groups excluding carboxylic acids is 6. The van der Waals surface area contributed by atoms with Gasteiger partial charge in [0.15, 0.2) is 0 Å². The molecule has 0 radical (unpaired) electrons. The Labute approximate surface area is 211 Å². The van der Waals surface area contributed by atoms with Crippen LogP contribution < -0.4 is 21.7 Å². The van der Waals surface area contributed by atoms with Gasteiger partial charge in [0.2, 0.25) is 35.4 Å². The van der Waals surface area contributed by atoms with Crippen molar-refractivity contribution < 1.29 is 28.8 Å². The molecule has 6 amide bonds. The van der Waals surface area contributed by atoms with Gasteiger partial charge in [-0.1, -0.05) is 28.5 Å². The highest BCUT2D eigenvalue weighted by molar-refractivity contribution is 8.76. The minimum Gasteiger partial charge on any atom is -0.368 e. The number of piperazine rings is 1. The molecular weight excluding hydrogens is 496 g/mol. The lowest BCUT2D eigenvalue weighted by Crippen LogP contribution is -2.61. The van der Waals surface area contributed by atoms with Crippen LogP contribution >= 0.6 is 21.6 Å². The third kappa shape index (κ3) is 6.81. The Kier molecular flexibility index (Phi) is 9.66. The molecule has 4 rings (SSSR count). The van der Waals surface area contributed by atoms with Crippen molar-refractivity contribution in [1.82, 2.24) is 25.8 Å². The maximum atomic E-state index is 12.0. The standard InChI is InChI=1S/C11H16N4O4.C10H16N2O2S2/c12-10(18)7-2-1-3-15(7)9(17)5-13-11(19)6-4-8(16)14-6;1-2-15-16-6-7-10(14)12-5-3-4-8(12)9(13)11-7/h6-7H,1-5H2,(H2,12,18)(H,13,19)(H,14,16);7-8H,2-6H2,1H3,(H,11,13)/t6?,7-;7-,8?/m10/s1. The van der Waals surface area contributed by atoms with E-state index in [9.17, 15) is 28.8 Å². The van der Waals surface area contributed by atoms with Gasteiger partial charge in [0.05, 0.1) is 13.0 Å². The number of rotatable bonds is 8. The third-order valence-electron chi connectivity index (χ3n) is 6.25. The maximum absolute atomic E-state index is 12.0. The van der Waals surface area contributed by atoms with Crippen molar-refractivity contribution >= 4 is 57.0 Å². The molecule has 4 atom stereocenters. The lowest BCUT2D eigenvalue weighted by Gasteiger charge is -2.34. The monoisotopic (exact) mass is 528 g/mol. The van der Waals surface area contributed by atoms with Crippen LogP contribution in [0.2, 0.25) is 0 Å². The Morgan fingerprint density at radius 1 is 1.09 bits per heavy atom. The Balaban J connectivity index is 0.000000198. The topological polar surface area (TPSA) is 171 Å². The van der Waals surface area contributed by atoms with Crippen LogP contribution in [0.5, 0.6) is 0 Å². The van der Waals surface area contributed by atoms with Crippen molar-refractivity contribution in [1.29, 1.82) is 0 Å². The van der Waals surface area contributed by atoms with E-state index in [0.717, 1.165) is 31.6 Å². The average Bonchev–Trinajstić information content (AvgIpc) is 3.49. The number of hydrogen-bond donors (Lipinski definition) is 4. The number of fused-ring (bicyclic) bond motifs is 1. The number of amides is 6. The maximum Gasteiger partial charge on any atom is 0.246 e. The molecule has 4 aliphatic rings. The van der Waals surface area contributed by atoms with Gasteiger partial charge in [0, 0.05) is 24.6 Å².